The van der Waals surface area contributed by atoms with Crippen LogP contribution in [0.3, 0.4) is 0 Å². The van der Waals surface area contributed by atoms with Gasteiger partial charge in [-0.15, -0.1) is 0 Å². The van der Waals surface area contributed by atoms with Gasteiger partial charge in [-0.05, 0) is 50.7 Å². The predicted octanol–water partition coefficient (Wildman–Crippen LogP) is 3.65. The van der Waals surface area contributed by atoms with Crippen LogP contribution in [0, 0.1) is 0 Å². The van der Waals surface area contributed by atoms with Gasteiger partial charge in [-0.3, -0.25) is 4.79 Å². The molecular weight excluding hydrogens is 446 g/mol. The Hall–Kier alpha value is -2.03. The minimum Gasteiger partial charge on any atom is -0.466 e. The van der Waals surface area contributed by atoms with E-state index in [1.807, 2.05) is 19.9 Å². The van der Waals surface area contributed by atoms with E-state index in [2.05, 4.69) is 43.1 Å². The molecule has 1 saturated heterocycles. The quantitative estimate of drug-likeness (QED) is 0.316. The maximum Gasteiger partial charge on any atom is 0.225 e. The number of aliphatic hydroxyl groups excluding tert-OH is 2. The number of primary amides is 1. The number of allylic oxidation sites excluding steroid dienone is 4. The van der Waals surface area contributed by atoms with E-state index in [0.29, 0.717) is 19.3 Å². The summed E-state index contributed by atoms with van der Waals surface area (Å²) in [7, 11) is 4.20. The number of nitrogens with zero attached hydrogens (tertiary/aromatic N) is 2. The van der Waals surface area contributed by atoms with Crippen molar-refractivity contribution in [1.82, 2.24) is 9.80 Å². The van der Waals surface area contributed by atoms with E-state index in [1.165, 1.54) is 11.3 Å². The summed E-state index contributed by atoms with van der Waals surface area (Å²) in [6, 6.07) is 0. The summed E-state index contributed by atoms with van der Waals surface area (Å²) in [5.74, 6) is 0.576. The van der Waals surface area contributed by atoms with Gasteiger partial charge in [-0.1, -0.05) is 32.8 Å². The molecule has 1 amide bonds. The second kappa shape index (κ2) is 17.4. The minimum atomic E-state index is -0.723. The molecule has 3 atom stereocenters. The van der Waals surface area contributed by atoms with Crippen LogP contribution in [-0.4, -0.2) is 78.2 Å². The van der Waals surface area contributed by atoms with Crippen molar-refractivity contribution in [2.24, 2.45) is 5.73 Å². The number of likely N-dealkylation sites (N-methyl/N-ethyl adjacent to an activating group) is 1. The fourth-order valence-electron chi connectivity index (χ4n) is 4.04. The maximum atomic E-state index is 10.8. The van der Waals surface area contributed by atoms with Crippen molar-refractivity contribution in [1.29, 1.82) is 0 Å². The van der Waals surface area contributed by atoms with Gasteiger partial charge >= 0.3 is 0 Å². The largest absolute Gasteiger partial charge is 0.466 e. The average Bonchev–Trinajstić information content (AvgIpc) is 2.87. The molecule has 35 heavy (non-hydrogen) atoms. The molecule has 0 radical (unpaired) electrons. The zero-order chi connectivity index (χ0) is 26.2. The van der Waals surface area contributed by atoms with Gasteiger partial charge in [-0.25, -0.2) is 0 Å². The van der Waals surface area contributed by atoms with Gasteiger partial charge in [0.05, 0.1) is 18.4 Å². The van der Waals surface area contributed by atoms with Crippen LogP contribution in [0.1, 0.15) is 78.6 Å². The minimum absolute atomic E-state index is 0.0614. The van der Waals surface area contributed by atoms with E-state index in [1.54, 1.807) is 0 Å². The van der Waals surface area contributed by atoms with Gasteiger partial charge in [-0.2, -0.15) is 0 Å². The summed E-state index contributed by atoms with van der Waals surface area (Å²) >= 11 is 0. The third kappa shape index (κ3) is 11.5. The van der Waals surface area contributed by atoms with Crippen LogP contribution in [0.2, 0.25) is 0 Å². The summed E-state index contributed by atoms with van der Waals surface area (Å²) in [5.41, 5.74) is 7.63. The second-order valence-electron chi connectivity index (χ2n) is 9.04. The Balaban J connectivity index is 0.00000298. The topological polar surface area (TPSA) is 108 Å². The molecule has 2 unspecified atom stereocenters. The number of hydrogen-bond donors (Lipinski definition) is 3. The van der Waals surface area contributed by atoms with Crippen LogP contribution in [0.25, 0.3) is 0 Å². The lowest BCUT2D eigenvalue weighted by Gasteiger charge is -2.34. The van der Waals surface area contributed by atoms with Gasteiger partial charge < -0.3 is 35.2 Å². The summed E-state index contributed by atoms with van der Waals surface area (Å²) in [6.07, 6.45) is 11.9. The number of hydrogen-bond acceptors (Lipinski definition) is 7. The SMILES string of the molecule is CC.CCN(C)/C(=C\N(C)CCCCCCC(N)=O)C1=CC=C(O[C@H]2OC(CO)CCC2O)CC1. The van der Waals surface area contributed by atoms with Gasteiger partial charge in [0.1, 0.15) is 11.9 Å². The molecule has 2 aliphatic rings. The fraction of sp³-hybridized carbons (Fsp3) is 0.741. The number of nitrogens with two attached hydrogens (primary N) is 1. The number of ether oxygens (including phenoxy) is 2. The number of amides is 1. The van der Waals surface area contributed by atoms with Crippen LogP contribution < -0.4 is 5.73 Å². The molecule has 2 rings (SSSR count). The van der Waals surface area contributed by atoms with Gasteiger partial charge in [0, 0.05) is 46.2 Å². The summed E-state index contributed by atoms with van der Waals surface area (Å²) in [4.78, 5) is 15.3. The van der Waals surface area contributed by atoms with Gasteiger partial charge in [0.25, 0.3) is 0 Å². The predicted molar refractivity (Wildman–Crippen MR) is 140 cm³/mol. The van der Waals surface area contributed by atoms with E-state index in [-0.39, 0.29) is 18.6 Å². The highest BCUT2D eigenvalue weighted by Crippen LogP contribution is 2.29. The maximum absolute atomic E-state index is 10.8. The Morgan fingerprint density at radius 3 is 2.49 bits per heavy atom. The van der Waals surface area contributed by atoms with E-state index < -0.39 is 12.4 Å². The van der Waals surface area contributed by atoms with Crippen molar-refractivity contribution >= 4 is 5.91 Å². The van der Waals surface area contributed by atoms with E-state index >= 15 is 0 Å². The van der Waals surface area contributed by atoms with Crippen LogP contribution in [0.5, 0.6) is 0 Å². The zero-order valence-electron chi connectivity index (χ0n) is 22.5. The molecule has 4 N–H and O–H groups in total. The Morgan fingerprint density at radius 1 is 1.17 bits per heavy atom. The lowest BCUT2D eigenvalue weighted by atomic mass is 10.00. The molecule has 1 aliphatic carbocycles. The lowest BCUT2D eigenvalue weighted by molar-refractivity contribution is -0.230. The smallest absolute Gasteiger partial charge is 0.225 e. The molecule has 0 aromatic rings. The summed E-state index contributed by atoms with van der Waals surface area (Å²) in [6.45, 7) is 7.94. The first kappa shape index (κ1) is 31.0. The Labute approximate surface area is 212 Å². The number of rotatable bonds is 14. The first-order valence-electron chi connectivity index (χ1n) is 13.3. The number of unbranched alkanes of at least 4 members (excludes halogenated alkanes) is 3. The molecular formula is C27H49N3O5. The fourth-order valence-corrected chi connectivity index (χ4v) is 4.04. The number of carbonyl (C=O) groups is 1. The average molecular weight is 496 g/mol. The van der Waals surface area contributed by atoms with Crippen molar-refractivity contribution in [2.45, 2.75) is 97.1 Å². The van der Waals surface area contributed by atoms with Crippen LogP contribution >= 0.6 is 0 Å². The Morgan fingerprint density at radius 2 is 1.89 bits per heavy atom. The van der Waals surface area contributed by atoms with Crippen LogP contribution in [0.4, 0.5) is 0 Å². The van der Waals surface area contributed by atoms with Gasteiger partial charge in [0.15, 0.2) is 0 Å². The molecule has 0 saturated carbocycles. The molecule has 8 heteroatoms. The monoisotopic (exact) mass is 495 g/mol. The molecule has 0 aromatic heterocycles. The van der Waals surface area contributed by atoms with Crippen molar-refractivity contribution in [2.75, 3.05) is 33.8 Å². The summed E-state index contributed by atoms with van der Waals surface area (Å²) < 4.78 is 11.6. The zero-order valence-corrected chi connectivity index (χ0v) is 22.5. The van der Waals surface area contributed by atoms with Crippen molar-refractivity contribution in [3.8, 4) is 0 Å². The molecule has 8 nitrogen and oxygen atoms in total. The third-order valence-corrected chi connectivity index (χ3v) is 6.25. The standard InChI is InChI=1S/C25H43N3O5.C2H6/c1-4-28(3)22(17-27(2)16-8-6-5-7-9-24(26)31)19-10-12-20(13-11-19)32-25-23(30)15-14-21(18-29)33-25;1-2/h10,12,17,21,23,25,29-30H,4-9,11,13-16,18H2,1-3H3,(H2,26,31);1-2H3/b22-17-;/t21?,23?,25-;/m0./s1. The highest BCUT2D eigenvalue weighted by atomic mass is 16.7. The Kier molecular flexibility index (Phi) is 15.4. The molecule has 1 aliphatic heterocycles. The molecule has 202 valence electrons. The van der Waals surface area contributed by atoms with Gasteiger partial charge in [0.2, 0.25) is 12.2 Å². The lowest BCUT2D eigenvalue weighted by Crippen LogP contribution is -2.41. The van der Waals surface area contributed by atoms with E-state index in [9.17, 15) is 15.0 Å². The Bertz CT molecular complexity index is 707. The van der Waals surface area contributed by atoms with Crippen molar-refractivity contribution < 1.29 is 24.5 Å². The highest BCUT2D eigenvalue weighted by Gasteiger charge is 2.32. The highest BCUT2D eigenvalue weighted by molar-refractivity contribution is 5.73. The summed E-state index contributed by atoms with van der Waals surface area (Å²) in [5, 5.41) is 19.5. The van der Waals surface area contributed by atoms with Crippen molar-refractivity contribution in [3.63, 3.8) is 0 Å². The molecule has 0 bridgehead atoms. The van der Waals surface area contributed by atoms with Crippen LogP contribution in [0.15, 0.2) is 35.4 Å². The number of aliphatic hydroxyl groups is 2. The number of carbonyl (C=O) groups excluding carboxylic acids is 1. The molecule has 0 spiro atoms. The third-order valence-electron chi connectivity index (χ3n) is 6.25. The second-order valence-corrected chi connectivity index (χ2v) is 9.04. The van der Waals surface area contributed by atoms with Crippen molar-refractivity contribution in [3.05, 3.63) is 35.4 Å². The molecule has 1 heterocycles. The molecule has 0 aromatic carbocycles. The normalized spacial score (nSPS) is 22.4. The van der Waals surface area contributed by atoms with E-state index in [0.717, 1.165) is 57.4 Å². The first-order chi connectivity index (χ1) is 16.8. The molecule has 1 fully saturated rings. The van der Waals surface area contributed by atoms with Crippen LogP contribution in [-0.2, 0) is 14.3 Å². The van der Waals surface area contributed by atoms with E-state index in [4.69, 9.17) is 15.2 Å². The first-order valence-corrected chi connectivity index (χ1v) is 13.3.